The Hall–Kier alpha value is -0.800. The van der Waals surface area contributed by atoms with E-state index in [1.165, 1.54) is 25.8 Å². The van der Waals surface area contributed by atoms with Crippen molar-refractivity contribution in [1.29, 1.82) is 0 Å². The van der Waals surface area contributed by atoms with Crippen LogP contribution in [-0.2, 0) is 6.54 Å². The van der Waals surface area contributed by atoms with E-state index < -0.39 is 0 Å². The molecule has 1 saturated heterocycles. The molecule has 3 rings (SSSR count). The molecule has 3 heteroatoms. The van der Waals surface area contributed by atoms with E-state index in [-0.39, 0.29) is 0 Å². The van der Waals surface area contributed by atoms with Gasteiger partial charge in [-0.25, -0.2) is 0 Å². The molecule has 94 valence electrons. The molecule has 2 heterocycles. The molecular formula is C14H22N2O. The zero-order chi connectivity index (χ0) is 11.7. The topological polar surface area (TPSA) is 28.4 Å². The highest BCUT2D eigenvalue weighted by atomic mass is 16.3. The van der Waals surface area contributed by atoms with Crippen LogP contribution in [0.15, 0.2) is 22.8 Å². The molecule has 2 aliphatic rings. The molecule has 0 aromatic carbocycles. The Morgan fingerprint density at radius 1 is 1.47 bits per heavy atom. The average molecular weight is 234 g/mol. The van der Waals surface area contributed by atoms with Crippen LogP contribution in [0.5, 0.6) is 0 Å². The van der Waals surface area contributed by atoms with Gasteiger partial charge in [0.25, 0.3) is 0 Å². The van der Waals surface area contributed by atoms with Crippen LogP contribution in [0, 0.1) is 11.8 Å². The summed E-state index contributed by atoms with van der Waals surface area (Å²) in [5.41, 5.74) is 0. The molecule has 0 amide bonds. The second-order valence-corrected chi connectivity index (χ2v) is 5.65. The van der Waals surface area contributed by atoms with E-state index >= 15 is 0 Å². The van der Waals surface area contributed by atoms with Crippen molar-refractivity contribution in [2.45, 2.75) is 31.8 Å². The second-order valence-electron chi connectivity index (χ2n) is 5.65. The third kappa shape index (κ3) is 2.40. The molecule has 0 bridgehead atoms. The highest BCUT2D eigenvalue weighted by Crippen LogP contribution is 2.37. The molecule has 2 fully saturated rings. The lowest BCUT2D eigenvalue weighted by atomic mass is 9.94. The van der Waals surface area contributed by atoms with Crippen LogP contribution in [0.1, 0.15) is 25.0 Å². The summed E-state index contributed by atoms with van der Waals surface area (Å²) < 4.78 is 5.39. The zero-order valence-corrected chi connectivity index (χ0v) is 10.6. The predicted octanol–water partition coefficient (Wildman–Crippen LogP) is 2.10. The maximum absolute atomic E-state index is 5.39. The highest BCUT2D eigenvalue weighted by Gasteiger charge is 2.38. The van der Waals surface area contributed by atoms with Gasteiger partial charge in [0.1, 0.15) is 5.76 Å². The molecule has 17 heavy (non-hydrogen) atoms. The first-order valence-electron chi connectivity index (χ1n) is 6.77. The smallest absolute Gasteiger partial charge is 0.117 e. The van der Waals surface area contributed by atoms with Crippen molar-refractivity contribution in [2.75, 3.05) is 20.1 Å². The summed E-state index contributed by atoms with van der Waals surface area (Å²) in [6.07, 6.45) is 6.06. The Labute approximate surface area is 103 Å². The highest BCUT2D eigenvalue weighted by molar-refractivity contribution is 4.99. The fourth-order valence-corrected chi connectivity index (χ4v) is 3.57. The van der Waals surface area contributed by atoms with E-state index in [1.807, 2.05) is 6.07 Å². The van der Waals surface area contributed by atoms with Crippen LogP contribution in [0.2, 0.25) is 0 Å². The minimum atomic E-state index is 0.697. The normalized spacial score (nSPS) is 32.2. The van der Waals surface area contributed by atoms with E-state index in [0.717, 1.165) is 30.7 Å². The number of likely N-dealkylation sites (N-methyl/N-ethyl adjacent to an activating group) is 1. The molecule has 1 aliphatic carbocycles. The maximum atomic E-state index is 5.39. The molecule has 0 spiro atoms. The summed E-state index contributed by atoms with van der Waals surface area (Å²) in [4.78, 5) is 2.37. The van der Waals surface area contributed by atoms with Crippen LogP contribution in [0.25, 0.3) is 0 Å². The van der Waals surface area contributed by atoms with Gasteiger partial charge in [-0.2, -0.15) is 0 Å². The Balaban J connectivity index is 1.53. The van der Waals surface area contributed by atoms with Crippen molar-refractivity contribution < 1.29 is 4.42 Å². The SMILES string of the molecule is CN(Cc1ccco1)CC1NCC2CCCC21. The van der Waals surface area contributed by atoms with Crippen molar-refractivity contribution in [3.63, 3.8) is 0 Å². The van der Waals surface area contributed by atoms with Crippen molar-refractivity contribution in [3.05, 3.63) is 24.2 Å². The van der Waals surface area contributed by atoms with Crippen molar-refractivity contribution >= 4 is 0 Å². The minimum Gasteiger partial charge on any atom is -0.468 e. The van der Waals surface area contributed by atoms with Gasteiger partial charge in [-0.15, -0.1) is 0 Å². The van der Waals surface area contributed by atoms with Gasteiger partial charge in [-0.3, -0.25) is 4.90 Å². The summed E-state index contributed by atoms with van der Waals surface area (Å²) in [5, 5.41) is 3.70. The predicted molar refractivity (Wildman–Crippen MR) is 67.7 cm³/mol. The van der Waals surface area contributed by atoms with Crippen molar-refractivity contribution in [1.82, 2.24) is 10.2 Å². The monoisotopic (exact) mass is 234 g/mol. The van der Waals surface area contributed by atoms with E-state index in [0.29, 0.717) is 6.04 Å². The quantitative estimate of drug-likeness (QED) is 0.865. The first-order valence-corrected chi connectivity index (χ1v) is 6.77. The van der Waals surface area contributed by atoms with Gasteiger partial charge < -0.3 is 9.73 Å². The molecule has 1 saturated carbocycles. The van der Waals surface area contributed by atoms with Crippen LogP contribution in [-0.4, -0.2) is 31.1 Å². The molecule has 3 unspecified atom stereocenters. The third-order valence-electron chi connectivity index (χ3n) is 4.39. The van der Waals surface area contributed by atoms with Gasteiger partial charge >= 0.3 is 0 Å². The molecule has 1 N–H and O–H groups in total. The van der Waals surface area contributed by atoms with E-state index in [9.17, 15) is 0 Å². The Kier molecular flexibility index (Phi) is 3.21. The van der Waals surface area contributed by atoms with Crippen LogP contribution < -0.4 is 5.32 Å². The zero-order valence-electron chi connectivity index (χ0n) is 10.6. The number of nitrogens with one attached hydrogen (secondary N) is 1. The standard InChI is InChI=1S/C14H22N2O/c1-16(9-12-5-3-7-17-12)10-14-13-6-2-4-11(13)8-15-14/h3,5,7,11,13-15H,2,4,6,8-10H2,1H3. The fraction of sp³-hybridized carbons (Fsp3) is 0.714. The van der Waals surface area contributed by atoms with Crippen LogP contribution in [0.3, 0.4) is 0 Å². The summed E-state index contributed by atoms with van der Waals surface area (Å²) in [5.74, 6) is 2.94. The van der Waals surface area contributed by atoms with Crippen LogP contribution >= 0.6 is 0 Å². The van der Waals surface area contributed by atoms with Crippen molar-refractivity contribution in [2.24, 2.45) is 11.8 Å². The van der Waals surface area contributed by atoms with Gasteiger partial charge in [-0.1, -0.05) is 6.42 Å². The number of rotatable bonds is 4. The van der Waals surface area contributed by atoms with Gasteiger partial charge in [0.15, 0.2) is 0 Å². The van der Waals surface area contributed by atoms with Crippen molar-refractivity contribution in [3.8, 4) is 0 Å². The lowest BCUT2D eigenvalue weighted by Crippen LogP contribution is -2.38. The maximum Gasteiger partial charge on any atom is 0.117 e. The van der Waals surface area contributed by atoms with Gasteiger partial charge in [0.2, 0.25) is 0 Å². The third-order valence-corrected chi connectivity index (χ3v) is 4.39. The van der Waals surface area contributed by atoms with Gasteiger partial charge in [0, 0.05) is 12.6 Å². The lowest BCUT2D eigenvalue weighted by Gasteiger charge is -2.24. The fourth-order valence-electron chi connectivity index (χ4n) is 3.57. The largest absolute Gasteiger partial charge is 0.468 e. The molecule has 0 radical (unpaired) electrons. The van der Waals surface area contributed by atoms with E-state index in [2.05, 4.69) is 23.3 Å². The van der Waals surface area contributed by atoms with Gasteiger partial charge in [-0.05, 0) is 50.4 Å². The van der Waals surface area contributed by atoms with E-state index in [1.54, 1.807) is 6.26 Å². The number of nitrogens with zero attached hydrogens (tertiary/aromatic N) is 1. The number of fused-ring (bicyclic) bond motifs is 1. The summed E-state index contributed by atoms with van der Waals surface area (Å²) in [6.45, 7) is 3.30. The molecule has 1 aliphatic heterocycles. The number of furan rings is 1. The van der Waals surface area contributed by atoms with Gasteiger partial charge in [0.05, 0.1) is 12.8 Å². The Morgan fingerprint density at radius 3 is 3.24 bits per heavy atom. The summed E-state index contributed by atoms with van der Waals surface area (Å²) in [6, 6.07) is 4.71. The average Bonchev–Trinajstić information content (AvgIpc) is 2.97. The van der Waals surface area contributed by atoms with Crippen LogP contribution in [0.4, 0.5) is 0 Å². The number of hydrogen-bond acceptors (Lipinski definition) is 3. The number of hydrogen-bond donors (Lipinski definition) is 1. The minimum absolute atomic E-state index is 0.697. The molecule has 1 aromatic rings. The van der Waals surface area contributed by atoms with E-state index in [4.69, 9.17) is 4.42 Å². The molecule has 1 aromatic heterocycles. The summed E-state index contributed by atoms with van der Waals surface area (Å²) >= 11 is 0. The molecular weight excluding hydrogens is 212 g/mol. The Morgan fingerprint density at radius 2 is 2.41 bits per heavy atom. The lowest BCUT2D eigenvalue weighted by molar-refractivity contribution is 0.243. The second kappa shape index (κ2) is 4.83. The Bertz CT molecular complexity index is 349. The molecule has 3 atom stereocenters. The first-order chi connectivity index (χ1) is 8.33. The first kappa shape index (κ1) is 11.3. The summed E-state index contributed by atoms with van der Waals surface area (Å²) in [7, 11) is 2.19. The molecule has 3 nitrogen and oxygen atoms in total.